The Labute approximate surface area is 132 Å². The lowest BCUT2D eigenvalue weighted by molar-refractivity contribution is 0.0827. The molecule has 116 valence electrons. The van der Waals surface area contributed by atoms with Gasteiger partial charge in [-0.25, -0.2) is 4.98 Å². The van der Waals surface area contributed by atoms with Crippen molar-refractivity contribution in [2.45, 2.75) is 0 Å². The molecule has 0 spiro atoms. The average Bonchev–Trinajstić information content (AvgIpc) is 2.57. The summed E-state index contributed by atoms with van der Waals surface area (Å²) in [7, 11) is 3.36. The van der Waals surface area contributed by atoms with Crippen molar-refractivity contribution >= 4 is 16.9 Å². The van der Waals surface area contributed by atoms with E-state index >= 15 is 0 Å². The van der Waals surface area contributed by atoms with E-state index in [4.69, 9.17) is 0 Å². The van der Waals surface area contributed by atoms with Gasteiger partial charge in [-0.3, -0.25) is 9.59 Å². The summed E-state index contributed by atoms with van der Waals surface area (Å²) in [6.45, 7) is 0. The smallest absolute Gasteiger partial charge is 0.285 e. The highest BCUT2D eigenvalue weighted by molar-refractivity contribution is 5.97. The third-order valence-corrected chi connectivity index (χ3v) is 3.58. The molecule has 0 aliphatic carbocycles. The fraction of sp³-hybridized carbons (Fsp3) is 0.118. The first kappa shape index (κ1) is 14.8. The summed E-state index contributed by atoms with van der Waals surface area (Å²) < 4.78 is 0.521. The highest BCUT2D eigenvalue weighted by atomic mass is 16.5. The van der Waals surface area contributed by atoms with Gasteiger partial charge in [-0.05, 0) is 35.4 Å². The number of hydrogen-bond donors (Lipinski definition) is 1. The summed E-state index contributed by atoms with van der Waals surface area (Å²) in [5.41, 5.74) is 1.47. The molecule has 0 saturated heterocycles. The van der Waals surface area contributed by atoms with E-state index in [-0.39, 0.29) is 11.6 Å². The van der Waals surface area contributed by atoms with Gasteiger partial charge in [-0.15, -0.1) is 4.73 Å². The number of fused-ring (bicyclic) bond motifs is 1. The lowest BCUT2D eigenvalue weighted by atomic mass is 10.0. The van der Waals surface area contributed by atoms with E-state index in [0.717, 1.165) is 0 Å². The standard InChI is InChI=1S/C17H15N3O3/c1-19(2)17(22)12-6-3-5-11(9-12)14-10-15(21)20(23)16-13(14)7-4-8-18-16/h3-10,23H,1-2H3. The molecule has 0 bridgehead atoms. The van der Waals surface area contributed by atoms with Crippen molar-refractivity contribution in [3.05, 3.63) is 64.6 Å². The molecule has 0 atom stereocenters. The fourth-order valence-corrected chi connectivity index (χ4v) is 2.46. The summed E-state index contributed by atoms with van der Waals surface area (Å²) >= 11 is 0. The van der Waals surface area contributed by atoms with Gasteiger partial charge in [0.05, 0.1) is 0 Å². The maximum absolute atomic E-state index is 12.1. The van der Waals surface area contributed by atoms with Gasteiger partial charge in [0.25, 0.3) is 11.5 Å². The first-order valence-electron chi connectivity index (χ1n) is 7.01. The highest BCUT2D eigenvalue weighted by Gasteiger charge is 2.13. The van der Waals surface area contributed by atoms with Crippen molar-refractivity contribution in [2.24, 2.45) is 0 Å². The third-order valence-electron chi connectivity index (χ3n) is 3.58. The van der Waals surface area contributed by atoms with Crippen LogP contribution in [0.5, 0.6) is 0 Å². The molecule has 0 fully saturated rings. The van der Waals surface area contributed by atoms with Crippen molar-refractivity contribution in [3.8, 4) is 11.1 Å². The fourth-order valence-electron chi connectivity index (χ4n) is 2.46. The second-order valence-corrected chi connectivity index (χ2v) is 5.36. The SMILES string of the molecule is CN(C)C(=O)c1cccc(-c2cc(=O)n(O)c3ncccc23)c1. The van der Waals surface area contributed by atoms with Crippen LogP contribution in [0, 0.1) is 0 Å². The molecule has 1 N–H and O–H groups in total. The minimum atomic E-state index is -0.574. The van der Waals surface area contributed by atoms with Crippen LogP contribution < -0.4 is 5.56 Å². The maximum atomic E-state index is 12.1. The van der Waals surface area contributed by atoms with Gasteiger partial charge in [0.1, 0.15) is 0 Å². The number of carbonyl (C=O) groups excluding carboxylic acids is 1. The second kappa shape index (κ2) is 5.57. The minimum absolute atomic E-state index is 0.121. The quantitative estimate of drug-likeness (QED) is 0.735. The van der Waals surface area contributed by atoms with Crippen LogP contribution in [-0.4, -0.2) is 39.8 Å². The minimum Gasteiger partial charge on any atom is -0.423 e. The molecule has 23 heavy (non-hydrogen) atoms. The average molecular weight is 309 g/mol. The Morgan fingerprint density at radius 3 is 2.70 bits per heavy atom. The van der Waals surface area contributed by atoms with Crippen molar-refractivity contribution in [1.82, 2.24) is 14.6 Å². The van der Waals surface area contributed by atoms with Crippen LogP contribution in [0.4, 0.5) is 0 Å². The Kier molecular flexibility index (Phi) is 3.57. The Hall–Kier alpha value is -3.15. The van der Waals surface area contributed by atoms with Crippen molar-refractivity contribution in [1.29, 1.82) is 0 Å². The Morgan fingerprint density at radius 2 is 1.96 bits per heavy atom. The summed E-state index contributed by atoms with van der Waals surface area (Å²) in [6, 6.07) is 11.9. The van der Waals surface area contributed by atoms with Gasteiger partial charge >= 0.3 is 0 Å². The molecule has 2 aromatic heterocycles. The normalized spacial score (nSPS) is 10.7. The molecule has 0 radical (unpaired) electrons. The van der Waals surface area contributed by atoms with Crippen LogP contribution in [0.3, 0.4) is 0 Å². The summed E-state index contributed by atoms with van der Waals surface area (Å²) in [5.74, 6) is -0.121. The van der Waals surface area contributed by atoms with Gasteiger partial charge in [0, 0.05) is 37.3 Å². The molecule has 0 aliphatic rings. The number of rotatable bonds is 2. The van der Waals surface area contributed by atoms with E-state index in [1.165, 1.54) is 17.2 Å². The van der Waals surface area contributed by atoms with Crippen LogP contribution in [0.1, 0.15) is 10.4 Å². The number of amides is 1. The molecule has 0 unspecified atom stereocenters. The predicted octanol–water partition coefficient (Wildman–Crippen LogP) is 2.00. The zero-order chi connectivity index (χ0) is 16.6. The van der Waals surface area contributed by atoms with E-state index < -0.39 is 5.56 Å². The molecule has 1 aromatic carbocycles. The molecular formula is C17H15N3O3. The summed E-state index contributed by atoms with van der Waals surface area (Å²) in [4.78, 5) is 29.6. The number of pyridine rings is 2. The highest BCUT2D eigenvalue weighted by Crippen LogP contribution is 2.26. The van der Waals surface area contributed by atoms with Crippen LogP contribution in [-0.2, 0) is 0 Å². The first-order chi connectivity index (χ1) is 11.0. The largest absolute Gasteiger partial charge is 0.423 e. The maximum Gasteiger partial charge on any atom is 0.285 e. The monoisotopic (exact) mass is 309 g/mol. The van der Waals surface area contributed by atoms with E-state index in [0.29, 0.717) is 26.8 Å². The molecule has 0 saturated carbocycles. The second-order valence-electron chi connectivity index (χ2n) is 5.36. The van der Waals surface area contributed by atoms with Crippen LogP contribution >= 0.6 is 0 Å². The Balaban J connectivity index is 2.26. The summed E-state index contributed by atoms with van der Waals surface area (Å²) in [5, 5.41) is 10.5. The molecule has 6 nitrogen and oxygen atoms in total. The van der Waals surface area contributed by atoms with Gasteiger partial charge in [0.2, 0.25) is 0 Å². The van der Waals surface area contributed by atoms with Gasteiger partial charge in [0.15, 0.2) is 5.65 Å². The van der Waals surface area contributed by atoms with E-state index in [9.17, 15) is 14.8 Å². The van der Waals surface area contributed by atoms with Crippen LogP contribution in [0.2, 0.25) is 0 Å². The first-order valence-corrected chi connectivity index (χ1v) is 7.01. The topological polar surface area (TPSA) is 75.4 Å². The number of aromatic nitrogens is 2. The molecule has 1 amide bonds. The lowest BCUT2D eigenvalue weighted by Crippen LogP contribution is -2.21. The van der Waals surface area contributed by atoms with Crippen molar-refractivity contribution < 1.29 is 10.0 Å². The number of benzene rings is 1. The van der Waals surface area contributed by atoms with E-state index in [2.05, 4.69) is 4.98 Å². The number of carbonyl (C=O) groups is 1. The summed E-state index contributed by atoms with van der Waals surface area (Å²) in [6.07, 6.45) is 1.50. The van der Waals surface area contributed by atoms with Gasteiger partial charge < -0.3 is 10.1 Å². The number of hydrogen-bond acceptors (Lipinski definition) is 4. The number of nitrogens with zero attached hydrogens (tertiary/aromatic N) is 3. The zero-order valence-corrected chi connectivity index (χ0v) is 12.7. The zero-order valence-electron chi connectivity index (χ0n) is 12.7. The van der Waals surface area contributed by atoms with E-state index in [1.807, 2.05) is 6.07 Å². The predicted molar refractivity (Wildman–Crippen MR) is 86.6 cm³/mol. The molecule has 3 aromatic rings. The van der Waals surface area contributed by atoms with Gasteiger partial charge in [-0.1, -0.05) is 12.1 Å². The Bertz CT molecular complexity index is 961. The third kappa shape index (κ3) is 2.55. The van der Waals surface area contributed by atoms with Gasteiger partial charge in [-0.2, -0.15) is 0 Å². The molecular weight excluding hydrogens is 294 g/mol. The van der Waals surface area contributed by atoms with Crippen molar-refractivity contribution in [3.63, 3.8) is 0 Å². The molecule has 6 heteroatoms. The van der Waals surface area contributed by atoms with Crippen LogP contribution in [0.25, 0.3) is 22.2 Å². The molecule has 3 rings (SSSR count). The Morgan fingerprint density at radius 1 is 1.17 bits per heavy atom. The van der Waals surface area contributed by atoms with Crippen molar-refractivity contribution in [2.75, 3.05) is 14.1 Å². The lowest BCUT2D eigenvalue weighted by Gasteiger charge is -2.12. The molecule has 2 heterocycles. The molecule has 0 aliphatic heterocycles. The van der Waals surface area contributed by atoms with E-state index in [1.54, 1.807) is 44.4 Å². The van der Waals surface area contributed by atoms with Crippen LogP contribution in [0.15, 0.2) is 53.5 Å².